The summed E-state index contributed by atoms with van der Waals surface area (Å²) in [6.45, 7) is 15.7. The molecule has 108 valence electrons. The summed E-state index contributed by atoms with van der Waals surface area (Å²) in [6.07, 6.45) is 5.24. The van der Waals surface area contributed by atoms with Crippen LogP contribution < -0.4 is 0 Å². The molecule has 0 aromatic heterocycles. The van der Waals surface area contributed by atoms with Crippen molar-refractivity contribution in [3.8, 4) is 0 Å². The van der Waals surface area contributed by atoms with Crippen molar-refractivity contribution in [2.24, 2.45) is 11.8 Å². The fourth-order valence-corrected chi connectivity index (χ4v) is 0.924. The molecular weight excluding hydrogens is 224 g/mol. The van der Waals surface area contributed by atoms with Crippen LogP contribution in [0.4, 0.5) is 0 Å². The Hall–Kier alpha value is -0.920. The molecule has 1 atom stereocenters. The lowest BCUT2D eigenvalue weighted by atomic mass is 9.93. The average Bonchev–Trinajstić information content (AvgIpc) is 2.18. The van der Waals surface area contributed by atoms with Crippen molar-refractivity contribution >= 4 is 11.6 Å². The summed E-state index contributed by atoms with van der Waals surface area (Å²) in [7, 11) is 0. The van der Waals surface area contributed by atoms with E-state index in [0.717, 1.165) is 6.42 Å². The van der Waals surface area contributed by atoms with Gasteiger partial charge in [0.25, 0.3) is 0 Å². The van der Waals surface area contributed by atoms with Gasteiger partial charge in [0.05, 0.1) is 0 Å². The third-order valence-corrected chi connectivity index (χ3v) is 2.15. The number of ketones is 2. The van der Waals surface area contributed by atoms with Gasteiger partial charge >= 0.3 is 1.43 Å². The van der Waals surface area contributed by atoms with Crippen molar-refractivity contribution in [2.45, 2.75) is 68.2 Å². The minimum absolute atomic E-state index is 0. The standard InChI is InChI=1S/C8H16O.C5H8O.C3H8/c1-6(2)7(3)5-8(4)9;1-3-4-5(2)6;1-3-2/h6-7H,5H2,1-4H3;3-4H,1-2H3;3H2,1-2H3/p+1/b;4-3+;. The zero-order valence-corrected chi connectivity index (χ0v) is 13.5. The maximum Gasteiger partial charge on any atom is 1.00 e. The zero-order chi connectivity index (χ0) is 15.1. The van der Waals surface area contributed by atoms with E-state index in [2.05, 4.69) is 34.6 Å². The highest BCUT2D eigenvalue weighted by molar-refractivity contribution is 5.87. The van der Waals surface area contributed by atoms with E-state index in [4.69, 9.17) is 0 Å². The van der Waals surface area contributed by atoms with E-state index < -0.39 is 0 Å². The Morgan fingerprint density at radius 3 is 1.56 bits per heavy atom. The van der Waals surface area contributed by atoms with Crippen molar-refractivity contribution in [2.75, 3.05) is 0 Å². The van der Waals surface area contributed by atoms with Crippen LogP contribution in [0.1, 0.15) is 69.7 Å². The Morgan fingerprint density at radius 2 is 1.50 bits per heavy atom. The van der Waals surface area contributed by atoms with Gasteiger partial charge in [-0.25, -0.2) is 0 Å². The second-order valence-corrected chi connectivity index (χ2v) is 4.95. The van der Waals surface area contributed by atoms with Crippen molar-refractivity contribution in [3.05, 3.63) is 12.2 Å². The number of carbonyl (C=O) groups is 2. The molecule has 0 spiro atoms. The lowest BCUT2D eigenvalue weighted by molar-refractivity contribution is -0.118. The number of Topliss-reactive ketones (excluding diaryl/α,β-unsaturated/α-hetero) is 1. The normalized spacial score (nSPS) is 11.2. The van der Waals surface area contributed by atoms with Crippen LogP contribution in [0, 0.1) is 11.8 Å². The van der Waals surface area contributed by atoms with Crippen molar-refractivity contribution < 1.29 is 11.0 Å². The smallest absolute Gasteiger partial charge is 0.300 e. The highest BCUT2D eigenvalue weighted by atomic mass is 16.1. The summed E-state index contributed by atoms with van der Waals surface area (Å²) >= 11 is 0. The number of carbonyl (C=O) groups excluding carboxylic acids is 2. The quantitative estimate of drug-likeness (QED) is 0.669. The van der Waals surface area contributed by atoms with Crippen LogP contribution in [0.25, 0.3) is 0 Å². The van der Waals surface area contributed by atoms with Crippen LogP contribution in [0.5, 0.6) is 0 Å². The molecule has 0 saturated carbocycles. The second kappa shape index (κ2) is 16.1. The summed E-state index contributed by atoms with van der Waals surface area (Å²) in [6, 6.07) is 0. The van der Waals surface area contributed by atoms with Gasteiger partial charge in [-0.15, -0.1) is 0 Å². The van der Waals surface area contributed by atoms with Crippen LogP contribution >= 0.6 is 0 Å². The van der Waals surface area contributed by atoms with E-state index >= 15 is 0 Å². The van der Waals surface area contributed by atoms with Crippen LogP contribution in [0.2, 0.25) is 0 Å². The molecule has 0 amide bonds. The van der Waals surface area contributed by atoms with Gasteiger partial charge in [0, 0.05) is 6.42 Å². The van der Waals surface area contributed by atoms with Crippen LogP contribution in [-0.2, 0) is 9.59 Å². The van der Waals surface area contributed by atoms with Gasteiger partial charge in [-0.3, -0.25) is 4.79 Å². The fourth-order valence-electron chi connectivity index (χ4n) is 0.924. The van der Waals surface area contributed by atoms with Gasteiger partial charge in [-0.05, 0) is 38.7 Å². The van der Waals surface area contributed by atoms with Gasteiger partial charge in [0.2, 0.25) is 0 Å². The summed E-state index contributed by atoms with van der Waals surface area (Å²) in [5.41, 5.74) is 0. The topological polar surface area (TPSA) is 34.1 Å². The van der Waals surface area contributed by atoms with E-state index in [-0.39, 0.29) is 7.21 Å². The lowest BCUT2D eigenvalue weighted by Gasteiger charge is -2.12. The van der Waals surface area contributed by atoms with Crippen LogP contribution in [0.3, 0.4) is 0 Å². The first kappa shape index (κ1) is 22.3. The molecule has 2 nitrogen and oxygen atoms in total. The first-order chi connectivity index (χ1) is 8.22. The van der Waals surface area contributed by atoms with E-state index in [9.17, 15) is 9.59 Å². The van der Waals surface area contributed by atoms with Gasteiger partial charge in [0.1, 0.15) is 5.78 Å². The van der Waals surface area contributed by atoms with Gasteiger partial charge < -0.3 is 4.79 Å². The summed E-state index contributed by atoms with van der Waals surface area (Å²) < 4.78 is 0. The lowest BCUT2D eigenvalue weighted by Crippen LogP contribution is -2.07. The Labute approximate surface area is 115 Å². The third-order valence-electron chi connectivity index (χ3n) is 2.15. The first-order valence-electron chi connectivity index (χ1n) is 6.85. The van der Waals surface area contributed by atoms with Gasteiger partial charge in [-0.2, -0.15) is 0 Å². The molecular formula is C16H33O2+. The molecule has 0 fully saturated rings. The minimum atomic E-state index is 0. The highest BCUT2D eigenvalue weighted by Gasteiger charge is 2.08. The summed E-state index contributed by atoms with van der Waals surface area (Å²) in [5, 5.41) is 0. The molecule has 0 saturated heterocycles. The SMILES string of the molecule is C/C=C/C(C)=O.CC(=O)CC(C)C(C)C.CCC.[H+]. The average molecular weight is 257 g/mol. The van der Waals surface area contributed by atoms with Gasteiger partial charge in [-0.1, -0.05) is 47.1 Å². The third kappa shape index (κ3) is 29.4. The second-order valence-electron chi connectivity index (χ2n) is 4.95. The predicted molar refractivity (Wildman–Crippen MR) is 81.9 cm³/mol. The van der Waals surface area contributed by atoms with E-state index in [1.54, 1.807) is 13.0 Å². The van der Waals surface area contributed by atoms with Crippen molar-refractivity contribution in [3.63, 3.8) is 0 Å². The molecule has 2 heteroatoms. The van der Waals surface area contributed by atoms with Gasteiger partial charge in [0.15, 0.2) is 5.78 Å². The molecule has 0 rings (SSSR count). The molecule has 0 aliphatic carbocycles. The number of hydrogen-bond acceptors (Lipinski definition) is 2. The molecule has 0 aliphatic rings. The number of allylic oxidation sites excluding steroid dienone is 2. The van der Waals surface area contributed by atoms with Crippen molar-refractivity contribution in [1.29, 1.82) is 0 Å². The zero-order valence-electron chi connectivity index (χ0n) is 14.5. The van der Waals surface area contributed by atoms with E-state index in [1.807, 2.05) is 6.92 Å². The highest BCUT2D eigenvalue weighted by Crippen LogP contribution is 2.13. The molecule has 0 radical (unpaired) electrons. The minimum Gasteiger partial charge on any atom is -0.300 e. The Morgan fingerprint density at radius 1 is 1.11 bits per heavy atom. The van der Waals surface area contributed by atoms with Crippen molar-refractivity contribution in [1.82, 2.24) is 0 Å². The first-order valence-corrected chi connectivity index (χ1v) is 6.85. The predicted octanol–water partition coefficient (Wildman–Crippen LogP) is 4.94. The largest absolute Gasteiger partial charge is 1.00 e. The molecule has 1 unspecified atom stereocenters. The molecule has 0 aromatic rings. The Bertz CT molecular complexity index is 233. The molecule has 0 aliphatic heterocycles. The molecule has 0 aromatic carbocycles. The maximum absolute atomic E-state index is 10.6. The monoisotopic (exact) mass is 257 g/mol. The summed E-state index contributed by atoms with van der Waals surface area (Å²) in [5.74, 6) is 1.59. The number of rotatable bonds is 4. The molecule has 18 heavy (non-hydrogen) atoms. The molecule has 0 heterocycles. The van der Waals surface area contributed by atoms with Crippen LogP contribution in [0.15, 0.2) is 12.2 Å². The van der Waals surface area contributed by atoms with E-state index in [0.29, 0.717) is 17.6 Å². The fraction of sp³-hybridized carbons (Fsp3) is 0.750. The Balaban J connectivity index is -0.0000000982. The molecule has 0 N–H and O–H groups in total. The molecule has 0 bridgehead atoms. The Kier molecular flexibility index (Phi) is 19.9. The van der Waals surface area contributed by atoms with Crippen LogP contribution in [-0.4, -0.2) is 11.6 Å². The number of hydrogen-bond donors (Lipinski definition) is 0. The van der Waals surface area contributed by atoms with E-state index in [1.165, 1.54) is 19.4 Å². The summed E-state index contributed by atoms with van der Waals surface area (Å²) in [4.78, 5) is 20.5. The maximum atomic E-state index is 10.6.